The highest BCUT2D eigenvalue weighted by Crippen LogP contribution is 2.19. The molecular formula is C19H30O4. The highest BCUT2D eigenvalue weighted by molar-refractivity contribution is 5.80. The third kappa shape index (κ3) is 7.14. The SMILES string of the molecule is COc1ccc(CO[C@@H](C[C@H](O)CC(=O)C(C)C)C(C)C)cc1. The first-order valence-corrected chi connectivity index (χ1v) is 8.28. The zero-order chi connectivity index (χ0) is 17.4. The number of aliphatic hydroxyl groups excluding tert-OH is 1. The zero-order valence-electron chi connectivity index (χ0n) is 14.9. The molecule has 0 aliphatic heterocycles. The fourth-order valence-corrected chi connectivity index (χ4v) is 2.28. The predicted octanol–water partition coefficient (Wildman–Crippen LogP) is 3.60. The van der Waals surface area contributed by atoms with Crippen LogP contribution in [-0.4, -0.2) is 30.2 Å². The van der Waals surface area contributed by atoms with Crippen LogP contribution in [0.1, 0.15) is 46.1 Å². The van der Waals surface area contributed by atoms with E-state index in [-0.39, 0.29) is 30.1 Å². The number of Topliss-reactive ketones (excluding diaryl/α,β-unsaturated/α-hetero) is 1. The number of ether oxygens (including phenoxy) is 2. The van der Waals surface area contributed by atoms with Crippen molar-refractivity contribution in [3.05, 3.63) is 29.8 Å². The van der Waals surface area contributed by atoms with E-state index in [4.69, 9.17) is 9.47 Å². The molecule has 0 heterocycles. The summed E-state index contributed by atoms with van der Waals surface area (Å²) in [6.07, 6.45) is -0.0424. The number of hydrogen-bond donors (Lipinski definition) is 1. The average molecular weight is 322 g/mol. The molecule has 0 fully saturated rings. The Morgan fingerprint density at radius 1 is 1.13 bits per heavy atom. The van der Waals surface area contributed by atoms with Crippen molar-refractivity contribution >= 4 is 5.78 Å². The highest BCUT2D eigenvalue weighted by Gasteiger charge is 2.21. The predicted molar refractivity (Wildman–Crippen MR) is 91.5 cm³/mol. The van der Waals surface area contributed by atoms with Crippen LogP contribution in [0.25, 0.3) is 0 Å². The molecule has 0 aromatic heterocycles. The minimum atomic E-state index is -0.645. The number of rotatable bonds is 10. The van der Waals surface area contributed by atoms with Gasteiger partial charge in [-0.3, -0.25) is 4.79 Å². The van der Waals surface area contributed by atoms with Gasteiger partial charge in [0.25, 0.3) is 0 Å². The van der Waals surface area contributed by atoms with Gasteiger partial charge in [-0.1, -0.05) is 39.8 Å². The molecule has 0 aliphatic rings. The number of ketones is 1. The molecule has 0 saturated heterocycles. The van der Waals surface area contributed by atoms with Crippen LogP contribution < -0.4 is 4.74 Å². The second kappa shape index (κ2) is 9.68. The standard InChI is InChI=1S/C19H30O4/c1-13(2)18(21)10-16(20)11-19(14(3)4)23-12-15-6-8-17(22-5)9-7-15/h6-9,13-14,16,19-20H,10-12H2,1-5H3/t16-,19+/m1/s1. The van der Waals surface area contributed by atoms with Crippen molar-refractivity contribution in [2.24, 2.45) is 11.8 Å². The number of aliphatic hydroxyl groups is 1. The molecule has 0 spiro atoms. The quantitative estimate of drug-likeness (QED) is 0.715. The highest BCUT2D eigenvalue weighted by atomic mass is 16.5. The van der Waals surface area contributed by atoms with Gasteiger partial charge in [0, 0.05) is 18.8 Å². The summed E-state index contributed by atoms with van der Waals surface area (Å²) in [4.78, 5) is 11.7. The van der Waals surface area contributed by atoms with Gasteiger partial charge in [-0.25, -0.2) is 0 Å². The minimum absolute atomic E-state index is 0.0395. The third-order valence-corrected chi connectivity index (χ3v) is 3.95. The molecule has 1 aromatic rings. The van der Waals surface area contributed by atoms with Crippen LogP contribution in [-0.2, 0) is 16.1 Å². The summed E-state index contributed by atoms with van der Waals surface area (Å²) < 4.78 is 11.1. The number of methoxy groups -OCH3 is 1. The Labute approximate surface area is 139 Å². The Morgan fingerprint density at radius 3 is 2.22 bits per heavy atom. The van der Waals surface area contributed by atoms with Gasteiger partial charge in [-0.2, -0.15) is 0 Å². The van der Waals surface area contributed by atoms with E-state index in [0.29, 0.717) is 13.0 Å². The summed E-state index contributed by atoms with van der Waals surface area (Å²) in [5.41, 5.74) is 1.06. The normalized spacial score (nSPS) is 14.1. The maximum Gasteiger partial charge on any atom is 0.137 e. The molecule has 130 valence electrons. The minimum Gasteiger partial charge on any atom is -0.497 e. The van der Waals surface area contributed by atoms with Crippen molar-refractivity contribution in [2.45, 2.75) is 59.4 Å². The van der Waals surface area contributed by atoms with Crippen molar-refractivity contribution in [2.75, 3.05) is 7.11 Å². The lowest BCUT2D eigenvalue weighted by atomic mass is 9.95. The summed E-state index contributed by atoms with van der Waals surface area (Å²) in [5, 5.41) is 10.1. The topological polar surface area (TPSA) is 55.8 Å². The molecule has 0 unspecified atom stereocenters. The van der Waals surface area contributed by atoms with Crippen LogP contribution >= 0.6 is 0 Å². The van der Waals surface area contributed by atoms with Crippen LogP contribution in [0.2, 0.25) is 0 Å². The van der Waals surface area contributed by atoms with E-state index in [1.165, 1.54) is 0 Å². The van der Waals surface area contributed by atoms with Crippen LogP contribution in [0.5, 0.6) is 5.75 Å². The molecule has 1 rings (SSSR count). The molecule has 1 N–H and O–H groups in total. The molecule has 2 atom stereocenters. The molecule has 0 saturated carbocycles. The molecule has 0 bridgehead atoms. The van der Waals surface area contributed by atoms with Gasteiger partial charge in [-0.15, -0.1) is 0 Å². The largest absolute Gasteiger partial charge is 0.497 e. The molecule has 4 nitrogen and oxygen atoms in total. The lowest BCUT2D eigenvalue weighted by Crippen LogP contribution is -2.28. The summed E-state index contributed by atoms with van der Waals surface area (Å²) >= 11 is 0. The maximum atomic E-state index is 11.7. The first kappa shape index (κ1) is 19.7. The Kier molecular flexibility index (Phi) is 8.28. The lowest BCUT2D eigenvalue weighted by Gasteiger charge is -2.24. The zero-order valence-corrected chi connectivity index (χ0v) is 14.9. The van der Waals surface area contributed by atoms with E-state index in [1.807, 2.05) is 38.1 Å². The van der Waals surface area contributed by atoms with Crippen LogP contribution in [0.4, 0.5) is 0 Å². The molecular weight excluding hydrogens is 292 g/mol. The molecule has 0 radical (unpaired) electrons. The van der Waals surface area contributed by atoms with Gasteiger partial charge in [0.05, 0.1) is 25.9 Å². The van der Waals surface area contributed by atoms with Crippen molar-refractivity contribution in [3.63, 3.8) is 0 Å². The van der Waals surface area contributed by atoms with E-state index in [9.17, 15) is 9.90 Å². The van der Waals surface area contributed by atoms with Gasteiger partial charge in [-0.05, 0) is 23.6 Å². The molecule has 1 aromatic carbocycles. The second-order valence-corrected chi connectivity index (χ2v) is 6.66. The summed E-state index contributed by atoms with van der Waals surface area (Å²) in [6, 6.07) is 7.74. The smallest absolute Gasteiger partial charge is 0.137 e. The second-order valence-electron chi connectivity index (χ2n) is 6.66. The fourth-order valence-electron chi connectivity index (χ4n) is 2.28. The summed E-state index contributed by atoms with van der Waals surface area (Å²) in [5.74, 6) is 1.14. The van der Waals surface area contributed by atoms with Gasteiger partial charge >= 0.3 is 0 Å². The van der Waals surface area contributed by atoms with Gasteiger partial charge in [0.2, 0.25) is 0 Å². The maximum absolute atomic E-state index is 11.7. The Bertz CT molecular complexity index is 465. The summed E-state index contributed by atoms with van der Waals surface area (Å²) in [7, 11) is 1.64. The van der Waals surface area contributed by atoms with E-state index in [1.54, 1.807) is 7.11 Å². The molecule has 0 aliphatic carbocycles. The molecule has 0 amide bonds. The lowest BCUT2D eigenvalue weighted by molar-refractivity contribution is -0.124. The van der Waals surface area contributed by atoms with E-state index in [2.05, 4.69) is 13.8 Å². The van der Waals surface area contributed by atoms with Crippen molar-refractivity contribution in [1.82, 2.24) is 0 Å². The number of benzene rings is 1. The fraction of sp³-hybridized carbons (Fsp3) is 0.632. The number of carbonyl (C=O) groups is 1. The Hall–Kier alpha value is -1.39. The molecule has 23 heavy (non-hydrogen) atoms. The Morgan fingerprint density at radius 2 is 1.74 bits per heavy atom. The van der Waals surface area contributed by atoms with E-state index >= 15 is 0 Å². The van der Waals surface area contributed by atoms with E-state index in [0.717, 1.165) is 11.3 Å². The van der Waals surface area contributed by atoms with Crippen LogP contribution in [0, 0.1) is 11.8 Å². The number of hydrogen-bond acceptors (Lipinski definition) is 4. The van der Waals surface area contributed by atoms with Gasteiger partial charge in [0.15, 0.2) is 0 Å². The van der Waals surface area contributed by atoms with Crippen molar-refractivity contribution < 1.29 is 19.4 Å². The number of carbonyl (C=O) groups excluding carboxylic acids is 1. The first-order valence-electron chi connectivity index (χ1n) is 8.28. The average Bonchev–Trinajstić information content (AvgIpc) is 2.51. The van der Waals surface area contributed by atoms with Crippen LogP contribution in [0.3, 0.4) is 0 Å². The monoisotopic (exact) mass is 322 g/mol. The first-order chi connectivity index (χ1) is 10.8. The van der Waals surface area contributed by atoms with Crippen LogP contribution in [0.15, 0.2) is 24.3 Å². The van der Waals surface area contributed by atoms with Gasteiger partial charge < -0.3 is 14.6 Å². The van der Waals surface area contributed by atoms with Crippen molar-refractivity contribution in [3.8, 4) is 5.75 Å². The van der Waals surface area contributed by atoms with Crippen molar-refractivity contribution in [1.29, 1.82) is 0 Å². The molecule has 4 heteroatoms. The van der Waals surface area contributed by atoms with E-state index < -0.39 is 6.10 Å². The third-order valence-electron chi connectivity index (χ3n) is 3.95. The Balaban J connectivity index is 2.52. The van der Waals surface area contributed by atoms with Gasteiger partial charge in [0.1, 0.15) is 11.5 Å². The summed E-state index contributed by atoms with van der Waals surface area (Å²) in [6.45, 7) is 8.33.